The Morgan fingerprint density at radius 1 is 1.04 bits per heavy atom. The van der Waals surface area contributed by atoms with Gasteiger partial charge in [0.05, 0.1) is 18.1 Å². The molecule has 0 atom stereocenters. The van der Waals surface area contributed by atoms with Crippen LogP contribution in [0, 0.1) is 20.8 Å². The van der Waals surface area contributed by atoms with E-state index in [0.29, 0.717) is 11.0 Å². The van der Waals surface area contributed by atoms with Crippen molar-refractivity contribution in [3.05, 3.63) is 87.6 Å². The number of nitrogens with zero attached hydrogens (tertiary/aromatic N) is 5. The zero-order chi connectivity index (χ0) is 19.0. The zero-order valence-electron chi connectivity index (χ0n) is 15.4. The molecule has 27 heavy (non-hydrogen) atoms. The fourth-order valence-electron chi connectivity index (χ4n) is 3.26. The Morgan fingerprint density at radius 3 is 2.44 bits per heavy atom. The SMILES string of the molecule is Cc1cc(C)c(/C=N\n2cnc3c(cnn3-c3ccccc3)c2=O)c(C)c1. The van der Waals surface area contributed by atoms with E-state index in [0.717, 1.165) is 22.4 Å². The molecule has 4 aromatic rings. The van der Waals surface area contributed by atoms with Gasteiger partial charge in [0.2, 0.25) is 0 Å². The van der Waals surface area contributed by atoms with E-state index in [1.807, 2.05) is 44.2 Å². The van der Waals surface area contributed by atoms with Crippen molar-refractivity contribution in [2.75, 3.05) is 0 Å². The second-order valence-electron chi connectivity index (χ2n) is 6.58. The largest absolute Gasteiger partial charge is 0.285 e. The Hall–Kier alpha value is -3.54. The third-order valence-corrected chi connectivity index (χ3v) is 4.52. The summed E-state index contributed by atoms with van der Waals surface area (Å²) in [5.74, 6) is 0. The van der Waals surface area contributed by atoms with Gasteiger partial charge in [-0.15, -0.1) is 0 Å². The first-order valence-electron chi connectivity index (χ1n) is 8.67. The molecule has 6 heteroatoms. The minimum atomic E-state index is -0.249. The van der Waals surface area contributed by atoms with Gasteiger partial charge in [0.1, 0.15) is 11.7 Å². The second kappa shape index (κ2) is 6.64. The number of para-hydroxylation sites is 1. The molecule has 2 aromatic carbocycles. The molecule has 0 aliphatic heterocycles. The molecule has 2 aromatic heterocycles. The van der Waals surface area contributed by atoms with Gasteiger partial charge in [-0.3, -0.25) is 4.79 Å². The van der Waals surface area contributed by atoms with Gasteiger partial charge in [-0.1, -0.05) is 35.9 Å². The van der Waals surface area contributed by atoms with E-state index in [1.54, 1.807) is 10.9 Å². The molecule has 0 fully saturated rings. The third kappa shape index (κ3) is 3.06. The predicted octanol–water partition coefficient (Wildman–Crippen LogP) is 3.39. The Labute approximate surface area is 156 Å². The average Bonchev–Trinajstić information content (AvgIpc) is 3.08. The molecule has 0 bridgehead atoms. The van der Waals surface area contributed by atoms with Crippen molar-refractivity contribution in [1.29, 1.82) is 0 Å². The van der Waals surface area contributed by atoms with Crippen LogP contribution in [0.5, 0.6) is 0 Å². The highest BCUT2D eigenvalue weighted by atomic mass is 16.1. The summed E-state index contributed by atoms with van der Waals surface area (Å²) < 4.78 is 2.90. The highest BCUT2D eigenvalue weighted by Crippen LogP contribution is 2.15. The molecule has 0 radical (unpaired) electrons. The van der Waals surface area contributed by atoms with Gasteiger partial charge in [0, 0.05) is 5.56 Å². The highest BCUT2D eigenvalue weighted by Gasteiger charge is 2.11. The molecule has 0 aliphatic rings. The molecule has 0 saturated heterocycles. The number of aromatic nitrogens is 4. The van der Waals surface area contributed by atoms with Crippen molar-refractivity contribution in [2.45, 2.75) is 20.8 Å². The average molecular weight is 357 g/mol. The van der Waals surface area contributed by atoms with Gasteiger partial charge >= 0.3 is 0 Å². The van der Waals surface area contributed by atoms with Gasteiger partial charge in [-0.05, 0) is 44.0 Å². The monoisotopic (exact) mass is 357 g/mol. The molecule has 0 unspecified atom stereocenters. The lowest BCUT2D eigenvalue weighted by atomic mass is 10.0. The Balaban J connectivity index is 1.77. The Bertz CT molecular complexity index is 1200. The lowest BCUT2D eigenvalue weighted by Crippen LogP contribution is -2.17. The quantitative estimate of drug-likeness (QED) is 0.528. The van der Waals surface area contributed by atoms with Crippen molar-refractivity contribution in [1.82, 2.24) is 19.4 Å². The van der Waals surface area contributed by atoms with E-state index in [4.69, 9.17) is 0 Å². The van der Waals surface area contributed by atoms with Crippen LogP contribution in [-0.2, 0) is 0 Å². The topological polar surface area (TPSA) is 65.1 Å². The Morgan fingerprint density at radius 2 is 1.74 bits per heavy atom. The van der Waals surface area contributed by atoms with Crippen molar-refractivity contribution in [3.63, 3.8) is 0 Å². The van der Waals surface area contributed by atoms with Crippen molar-refractivity contribution < 1.29 is 0 Å². The summed E-state index contributed by atoms with van der Waals surface area (Å²) in [6.07, 6.45) is 4.67. The molecule has 4 rings (SSSR count). The van der Waals surface area contributed by atoms with E-state index in [9.17, 15) is 4.79 Å². The lowest BCUT2D eigenvalue weighted by molar-refractivity contribution is 0.809. The van der Waals surface area contributed by atoms with Crippen LogP contribution in [0.25, 0.3) is 16.7 Å². The number of hydrogen-bond acceptors (Lipinski definition) is 4. The molecular formula is C21H19N5O. The molecule has 6 nitrogen and oxygen atoms in total. The number of hydrogen-bond donors (Lipinski definition) is 0. The molecule has 0 spiro atoms. The first-order valence-corrected chi connectivity index (χ1v) is 8.67. The van der Waals surface area contributed by atoms with Gasteiger partial charge in [0.25, 0.3) is 5.56 Å². The highest BCUT2D eigenvalue weighted by molar-refractivity contribution is 5.84. The van der Waals surface area contributed by atoms with Gasteiger partial charge in [-0.25, -0.2) is 9.67 Å². The second-order valence-corrected chi connectivity index (χ2v) is 6.58. The van der Waals surface area contributed by atoms with Crippen LogP contribution in [0.1, 0.15) is 22.3 Å². The van der Waals surface area contributed by atoms with E-state index in [-0.39, 0.29) is 5.56 Å². The summed E-state index contributed by atoms with van der Waals surface area (Å²) in [5.41, 5.74) is 5.57. The van der Waals surface area contributed by atoms with E-state index >= 15 is 0 Å². The minimum Gasteiger partial charge on any atom is -0.266 e. The van der Waals surface area contributed by atoms with Crippen molar-refractivity contribution >= 4 is 17.2 Å². The van der Waals surface area contributed by atoms with Crippen LogP contribution in [0.15, 0.2) is 64.9 Å². The summed E-state index contributed by atoms with van der Waals surface area (Å²) in [7, 11) is 0. The number of rotatable bonds is 3. The van der Waals surface area contributed by atoms with Crippen LogP contribution >= 0.6 is 0 Å². The summed E-state index contributed by atoms with van der Waals surface area (Å²) in [4.78, 5) is 17.2. The zero-order valence-corrected chi connectivity index (χ0v) is 15.4. The molecule has 0 aliphatic carbocycles. The van der Waals surface area contributed by atoms with Crippen LogP contribution < -0.4 is 5.56 Å². The molecular weight excluding hydrogens is 338 g/mol. The van der Waals surface area contributed by atoms with E-state index in [1.165, 1.54) is 22.8 Å². The molecule has 134 valence electrons. The van der Waals surface area contributed by atoms with Crippen molar-refractivity contribution in [2.24, 2.45) is 5.10 Å². The fourth-order valence-corrected chi connectivity index (χ4v) is 3.26. The molecule has 2 heterocycles. The molecule has 0 amide bonds. The first-order chi connectivity index (χ1) is 13.0. The van der Waals surface area contributed by atoms with Crippen LogP contribution in [0.4, 0.5) is 0 Å². The summed E-state index contributed by atoms with van der Waals surface area (Å²) in [6.45, 7) is 6.14. The van der Waals surface area contributed by atoms with Crippen LogP contribution in [0.2, 0.25) is 0 Å². The van der Waals surface area contributed by atoms with E-state index in [2.05, 4.69) is 34.2 Å². The van der Waals surface area contributed by atoms with Crippen LogP contribution in [-0.4, -0.2) is 25.7 Å². The Kier molecular flexibility index (Phi) is 4.16. The minimum absolute atomic E-state index is 0.249. The van der Waals surface area contributed by atoms with Gasteiger partial charge in [-0.2, -0.15) is 14.9 Å². The summed E-state index contributed by atoms with van der Waals surface area (Å²) in [6, 6.07) is 13.8. The summed E-state index contributed by atoms with van der Waals surface area (Å²) >= 11 is 0. The van der Waals surface area contributed by atoms with Gasteiger partial charge < -0.3 is 0 Å². The van der Waals surface area contributed by atoms with Gasteiger partial charge in [0.15, 0.2) is 5.65 Å². The number of fused-ring (bicyclic) bond motifs is 1. The normalized spacial score (nSPS) is 11.5. The summed E-state index contributed by atoms with van der Waals surface area (Å²) in [5, 5.41) is 9.08. The fraction of sp³-hybridized carbons (Fsp3) is 0.143. The predicted molar refractivity (Wildman–Crippen MR) is 107 cm³/mol. The van der Waals surface area contributed by atoms with Crippen molar-refractivity contribution in [3.8, 4) is 5.69 Å². The maximum atomic E-state index is 12.8. The maximum Gasteiger partial charge on any atom is 0.285 e. The third-order valence-electron chi connectivity index (χ3n) is 4.52. The number of benzene rings is 2. The maximum absolute atomic E-state index is 12.8. The van der Waals surface area contributed by atoms with E-state index < -0.39 is 0 Å². The number of aryl methyl sites for hydroxylation is 3. The standard InChI is InChI=1S/C21H19N5O/c1-14-9-15(2)18(16(3)10-14)11-23-25-13-22-20-19(21(25)27)12-24-26(20)17-7-5-4-6-8-17/h4-13H,1-3H3/b23-11-. The first kappa shape index (κ1) is 16.9. The van der Waals surface area contributed by atoms with Crippen LogP contribution in [0.3, 0.4) is 0 Å². The molecule has 0 N–H and O–H groups in total. The smallest absolute Gasteiger partial charge is 0.266 e. The molecule has 0 saturated carbocycles. The lowest BCUT2D eigenvalue weighted by Gasteiger charge is -2.07.